The Kier molecular flexibility index (Phi) is 3.53. The fraction of sp³-hybridized carbons (Fsp3) is 0.312. The molecule has 2 aromatic rings. The van der Waals surface area contributed by atoms with E-state index in [0.29, 0.717) is 22.9 Å². The van der Waals surface area contributed by atoms with Crippen molar-refractivity contribution in [3.05, 3.63) is 41.3 Å². The van der Waals surface area contributed by atoms with Gasteiger partial charge in [0.15, 0.2) is 6.29 Å². The number of hydrogen-bond donors (Lipinski definition) is 0. The molecular weight excluding hydrogens is 269 g/mol. The van der Waals surface area contributed by atoms with E-state index < -0.39 is 5.82 Å². The molecule has 1 fully saturated rings. The summed E-state index contributed by atoms with van der Waals surface area (Å²) < 4.78 is 15.6. The van der Waals surface area contributed by atoms with E-state index in [4.69, 9.17) is 5.26 Å². The number of rotatable bonds is 3. The van der Waals surface area contributed by atoms with Crippen LogP contribution in [0.5, 0.6) is 0 Å². The predicted octanol–water partition coefficient (Wildman–Crippen LogP) is 3.49. The van der Waals surface area contributed by atoms with Crippen molar-refractivity contribution in [2.45, 2.75) is 31.7 Å². The molecule has 4 nitrogen and oxygen atoms in total. The normalized spacial score (nSPS) is 15.0. The summed E-state index contributed by atoms with van der Waals surface area (Å²) >= 11 is 0. The van der Waals surface area contributed by atoms with Crippen molar-refractivity contribution in [1.82, 2.24) is 9.78 Å². The number of nitrogens with zero attached hydrogens (tertiary/aromatic N) is 3. The van der Waals surface area contributed by atoms with Crippen LogP contribution in [0, 0.1) is 17.1 Å². The summed E-state index contributed by atoms with van der Waals surface area (Å²) in [5.74, 6) is -0.595. The maximum Gasteiger partial charge on any atom is 0.153 e. The number of carbonyl (C=O) groups is 1. The number of hydrogen-bond acceptors (Lipinski definition) is 3. The van der Waals surface area contributed by atoms with Gasteiger partial charge in [-0.3, -0.25) is 9.48 Å². The van der Waals surface area contributed by atoms with E-state index in [1.165, 1.54) is 25.0 Å². The SMILES string of the molecule is N#Cc1ccc(-c2nn(C3CCCC3)cc2C=O)cc1F. The Bertz CT molecular complexity index is 724. The molecular formula is C16H14FN3O. The second-order valence-electron chi connectivity index (χ2n) is 5.28. The summed E-state index contributed by atoms with van der Waals surface area (Å²) in [6.45, 7) is 0. The van der Waals surface area contributed by atoms with Gasteiger partial charge in [0.2, 0.25) is 0 Å². The van der Waals surface area contributed by atoms with Gasteiger partial charge in [0, 0.05) is 11.8 Å². The largest absolute Gasteiger partial charge is 0.298 e. The average Bonchev–Trinajstić information content (AvgIpc) is 3.15. The molecule has 0 atom stereocenters. The lowest BCUT2D eigenvalue weighted by atomic mass is 10.1. The van der Waals surface area contributed by atoms with Crippen LogP contribution < -0.4 is 0 Å². The molecule has 1 aliphatic rings. The Morgan fingerprint density at radius 2 is 2.14 bits per heavy atom. The highest BCUT2D eigenvalue weighted by Crippen LogP contribution is 2.31. The number of aldehydes is 1. The van der Waals surface area contributed by atoms with Crippen LogP contribution in [-0.2, 0) is 0 Å². The Hall–Kier alpha value is -2.48. The topological polar surface area (TPSA) is 58.7 Å². The minimum Gasteiger partial charge on any atom is -0.298 e. The van der Waals surface area contributed by atoms with Crippen molar-refractivity contribution in [1.29, 1.82) is 5.26 Å². The van der Waals surface area contributed by atoms with Crippen molar-refractivity contribution in [3.63, 3.8) is 0 Å². The summed E-state index contributed by atoms with van der Waals surface area (Å²) in [5.41, 5.74) is 1.43. The van der Waals surface area contributed by atoms with E-state index in [1.54, 1.807) is 18.3 Å². The fourth-order valence-electron chi connectivity index (χ4n) is 2.83. The van der Waals surface area contributed by atoms with Gasteiger partial charge < -0.3 is 0 Å². The van der Waals surface area contributed by atoms with Crippen molar-refractivity contribution in [2.75, 3.05) is 0 Å². The van der Waals surface area contributed by atoms with Gasteiger partial charge in [-0.15, -0.1) is 0 Å². The number of nitriles is 1. The quantitative estimate of drug-likeness (QED) is 0.810. The summed E-state index contributed by atoms with van der Waals surface area (Å²) in [6, 6.07) is 6.39. The van der Waals surface area contributed by atoms with Gasteiger partial charge in [0.25, 0.3) is 0 Å². The van der Waals surface area contributed by atoms with Gasteiger partial charge >= 0.3 is 0 Å². The first kappa shape index (κ1) is 13.5. The second-order valence-corrected chi connectivity index (χ2v) is 5.28. The predicted molar refractivity (Wildman–Crippen MR) is 75.2 cm³/mol. The summed E-state index contributed by atoms with van der Waals surface area (Å²) in [7, 11) is 0. The molecule has 3 rings (SSSR count). The highest BCUT2D eigenvalue weighted by atomic mass is 19.1. The molecule has 0 N–H and O–H groups in total. The molecule has 0 radical (unpaired) electrons. The molecule has 5 heteroatoms. The highest BCUT2D eigenvalue weighted by Gasteiger charge is 2.20. The Morgan fingerprint density at radius 3 is 2.76 bits per heavy atom. The van der Waals surface area contributed by atoms with Gasteiger partial charge in [-0.25, -0.2) is 4.39 Å². The number of benzene rings is 1. The van der Waals surface area contributed by atoms with Crippen molar-refractivity contribution in [3.8, 4) is 17.3 Å². The lowest BCUT2D eigenvalue weighted by molar-refractivity contribution is 0.112. The third kappa shape index (κ3) is 2.45. The molecule has 0 amide bonds. The zero-order valence-corrected chi connectivity index (χ0v) is 11.4. The maximum atomic E-state index is 13.7. The molecule has 0 unspecified atom stereocenters. The molecule has 0 bridgehead atoms. The van der Waals surface area contributed by atoms with E-state index in [1.807, 2.05) is 4.68 Å². The number of halogens is 1. The van der Waals surface area contributed by atoms with Crippen LogP contribution in [0.15, 0.2) is 24.4 Å². The molecule has 1 aromatic heterocycles. The smallest absolute Gasteiger partial charge is 0.153 e. The van der Waals surface area contributed by atoms with Gasteiger partial charge in [-0.1, -0.05) is 18.9 Å². The maximum absolute atomic E-state index is 13.7. The van der Waals surface area contributed by atoms with Crippen molar-refractivity contribution in [2.24, 2.45) is 0 Å². The summed E-state index contributed by atoms with van der Waals surface area (Å²) in [6.07, 6.45) is 6.92. The second kappa shape index (κ2) is 5.49. The molecule has 21 heavy (non-hydrogen) atoms. The van der Waals surface area contributed by atoms with Crippen LogP contribution in [-0.4, -0.2) is 16.1 Å². The number of carbonyl (C=O) groups excluding carboxylic acids is 1. The third-order valence-electron chi connectivity index (χ3n) is 3.95. The van der Waals surface area contributed by atoms with Crippen LogP contribution in [0.3, 0.4) is 0 Å². The zero-order valence-electron chi connectivity index (χ0n) is 11.4. The first-order valence-corrected chi connectivity index (χ1v) is 6.97. The Morgan fingerprint density at radius 1 is 1.38 bits per heavy atom. The van der Waals surface area contributed by atoms with E-state index in [0.717, 1.165) is 19.1 Å². The molecule has 1 saturated carbocycles. The summed E-state index contributed by atoms with van der Waals surface area (Å²) in [4.78, 5) is 11.2. The molecule has 106 valence electrons. The van der Waals surface area contributed by atoms with E-state index in [9.17, 15) is 9.18 Å². The van der Waals surface area contributed by atoms with Crippen LogP contribution in [0.2, 0.25) is 0 Å². The minimum absolute atomic E-state index is 0.0124. The van der Waals surface area contributed by atoms with Crippen LogP contribution in [0.4, 0.5) is 4.39 Å². The molecule has 1 heterocycles. The van der Waals surface area contributed by atoms with Crippen LogP contribution in [0.1, 0.15) is 47.6 Å². The highest BCUT2D eigenvalue weighted by molar-refractivity contribution is 5.85. The molecule has 0 spiro atoms. The summed E-state index contributed by atoms with van der Waals surface area (Å²) in [5, 5.41) is 13.2. The monoisotopic (exact) mass is 283 g/mol. The number of aromatic nitrogens is 2. The van der Waals surface area contributed by atoms with Crippen molar-refractivity contribution < 1.29 is 9.18 Å². The Labute approximate surface area is 121 Å². The lowest BCUT2D eigenvalue weighted by Gasteiger charge is -2.08. The average molecular weight is 283 g/mol. The van der Waals surface area contributed by atoms with Gasteiger partial charge in [-0.2, -0.15) is 10.4 Å². The fourth-order valence-corrected chi connectivity index (χ4v) is 2.83. The zero-order chi connectivity index (χ0) is 14.8. The molecule has 1 aliphatic carbocycles. The Balaban J connectivity index is 2.03. The van der Waals surface area contributed by atoms with Gasteiger partial charge in [0.1, 0.15) is 17.6 Å². The van der Waals surface area contributed by atoms with E-state index in [-0.39, 0.29) is 5.56 Å². The van der Waals surface area contributed by atoms with Crippen molar-refractivity contribution >= 4 is 6.29 Å². The minimum atomic E-state index is -0.595. The first-order valence-electron chi connectivity index (χ1n) is 6.97. The third-order valence-corrected chi connectivity index (χ3v) is 3.95. The molecule has 1 aromatic carbocycles. The van der Waals surface area contributed by atoms with Gasteiger partial charge in [-0.05, 0) is 25.0 Å². The van der Waals surface area contributed by atoms with Crippen LogP contribution >= 0.6 is 0 Å². The first-order chi connectivity index (χ1) is 10.2. The van der Waals surface area contributed by atoms with Gasteiger partial charge in [0.05, 0.1) is 17.2 Å². The van der Waals surface area contributed by atoms with E-state index >= 15 is 0 Å². The van der Waals surface area contributed by atoms with E-state index in [2.05, 4.69) is 5.10 Å². The van der Waals surface area contributed by atoms with Crippen LogP contribution in [0.25, 0.3) is 11.3 Å². The standard InChI is InChI=1S/C16H14FN3O/c17-15-7-11(5-6-12(15)8-18)16-13(10-21)9-20(19-16)14-3-1-2-4-14/h5-7,9-10,14H,1-4H2. The lowest BCUT2D eigenvalue weighted by Crippen LogP contribution is -2.04. The molecule has 0 aliphatic heterocycles. The molecule has 0 saturated heterocycles.